The van der Waals surface area contributed by atoms with E-state index in [1.54, 1.807) is 11.1 Å². The summed E-state index contributed by atoms with van der Waals surface area (Å²) in [6.07, 6.45) is 14.2. The van der Waals surface area contributed by atoms with Gasteiger partial charge < -0.3 is 0 Å². The number of halogens is 2. The molecular formula is C24H31Cl2Zr. The van der Waals surface area contributed by atoms with Crippen LogP contribution in [0.4, 0.5) is 0 Å². The van der Waals surface area contributed by atoms with Gasteiger partial charge in [0, 0.05) is 0 Å². The topological polar surface area (TPSA) is 0 Å². The van der Waals surface area contributed by atoms with Crippen LogP contribution in [0.1, 0.15) is 51.5 Å². The average molecular weight is 482 g/mol. The van der Waals surface area contributed by atoms with Crippen molar-refractivity contribution in [3.05, 3.63) is 79.7 Å². The zero-order valence-corrected chi connectivity index (χ0v) is 20.7. The quantitative estimate of drug-likeness (QED) is 0.414. The fourth-order valence-electron chi connectivity index (χ4n) is 5.07. The minimum absolute atomic E-state index is 0. The number of rotatable bonds is 3. The third-order valence-corrected chi connectivity index (χ3v) is 18.1. The molecule has 0 heterocycles. The van der Waals surface area contributed by atoms with Crippen molar-refractivity contribution in [2.45, 2.75) is 54.2 Å². The van der Waals surface area contributed by atoms with E-state index in [1.807, 2.05) is 8.85 Å². The smallest absolute Gasteiger partial charge is 0.147 e. The van der Waals surface area contributed by atoms with Crippen LogP contribution in [0.5, 0.6) is 0 Å². The molecule has 0 aromatic heterocycles. The Bertz CT molecular complexity index is 869. The molecule has 0 bridgehead atoms. The van der Waals surface area contributed by atoms with Gasteiger partial charge in [0.15, 0.2) is 0 Å². The van der Waals surface area contributed by atoms with Crippen LogP contribution in [-0.4, -0.2) is 3.71 Å². The Morgan fingerprint density at radius 3 is 2.37 bits per heavy atom. The zero-order chi connectivity index (χ0) is 17.4. The van der Waals surface area contributed by atoms with Gasteiger partial charge in [0.25, 0.3) is 0 Å². The summed E-state index contributed by atoms with van der Waals surface area (Å²) in [4.78, 5) is 0. The standard InChI is InChI=1S/C9H11.C7H9.C7H6.CH3.2ClH.Zr/c1-2-5-9-7-3-6-8(9)4-1;1-6-4-3-5-7(6)2;1-7-5-3-2-4-6-7;;;;/h3,6-7H,1-2,4-5H2;4H,3H2,1-2H3;1-6H;1H3;2*1H;. The summed E-state index contributed by atoms with van der Waals surface area (Å²) < 4.78 is 7.99. The first kappa shape index (κ1) is 22.8. The van der Waals surface area contributed by atoms with E-state index in [0.717, 1.165) is 3.63 Å². The SMILES string of the molecule is CC1=CC[C]([Zr]([CH3])(=[CH]c2ccccc2)[CH]2C=CC3=C2CCCC3)=C1C.Cl.Cl. The molecule has 0 aliphatic heterocycles. The largest absolute Gasteiger partial charge is 0.147 e. The van der Waals surface area contributed by atoms with E-state index in [-0.39, 0.29) is 24.8 Å². The second kappa shape index (κ2) is 9.34. The maximum atomic E-state index is 2.75. The summed E-state index contributed by atoms with van der Waals surface area (Å²) in [6, 6.07) is 11.1. The molecule has 0 radical (unpaired) electrons. The van der Waals surface area contributed by atoms with Gasteiger partial charge in [0.05, 0.1) is 0 Å². The van der Waals surface area contributed by atoms with Crippen LogP contribution in [0.2, 0.25) is 8.26 Å². The van der Waals surface area contributed by atoms with Crippen LogP contribution in [-0.2, 0) is 19.8 Å². The second-order valence-electron chi connectivity index (χ2n) is 8.13. The van der Waals surface area contributed by atoms with Crippen molar-refractivity contribution in [3.8, 4) is 0 Å². The van der Waals surface area contributed by atoms with Crippen LogP contribution < -0.4 is 0 Å². The first-order valence-electron chi connectivity index (χ1n) is 9.78. The van der Waals surface area contributed by atoms with Gasteiger partial charge in [-0.2, -0.15) is 0 Å². The van der Waals surface area contributed by atoms with Crippen LogP contribution >= 0.6 is 24.8 Å². The van der Waals surface area contributed by atoms with Gasteiger partial charge in [0.2, 0.25) is 0 Å². The molecule has 0 saturated carbocycles. The molecule has 0 spiro atoms. The van der Waals surface area contributed by atoms with E-state index in [4.69, 9.17) is 0 Å². The summed E-state index contributed by atoms with van der Waals surface area (Å²) >= 11 is -2.72. The summed E-state index contributed by atoms with van der Waals surface area (Å²) in [5.74, 6) is 0. The summed E-state index contributed by atoms with van der Waals surface area (Å²) in [6.45, 7) is 4.67. The molecule has 3 aliphatic rings. The minimum Gasteiger partial charge on any atom is -0.147 e. The van der Waals surface area contributed by atoms with E-state index in [0.29, 0.717) is 0 Å². The van der Waals surface area contributed by atoms with Crippen LogP contribution in [0.25, 0.3) is 0 Å². The minimum atomic E-state index is -2.72. The van der Waals surface area contributed by atoms with E-state index in [1.165, 1.54) is 43.2 Å². The fraction of sp³-hybridized carbons (Fsp3) is 0.375. The molecule has 145 valence electrons. The van der Waals surface area contributed by atoms with Gasteiger partial charge in [-0.15, -0.1) is 24.8 Å². The Balaban J connectivity index is 0.00000131. The molecule has 0 fully saturated rings. The first-order chi connectivity index (χ1) is 12.1. The van der Waals surface area contributed by atoms with Crippen molar-refractivity contribution in [1.29, 1.82) is 0 Å². The van der Waals surface area contributed by atoms with Gasteiger partial charge >= 0.3 is 157 Å². The molecular weight excluding hydrogens is 450 g/mol. The Labute approximate surface area is 181 Å². The normalized spacial score (nSPS) is 23.2. The third kappa shape index (κ3) is 4.26. The summed E-state index contributed by atoms with van der Waals surface area (Å²) in [5, 5.41) is 0. The predicted octanol–water partition coefficient (Wildman–Crippen LogP) is 7.74. The van der Waals surface area contributed by atoms with Gasteiger partial charge in [-0.1, -0.05) is 0 Å². The Morgan fingerprint density at radius 1 is 1.00 bits per heavy atom. The predicted molar refractivity (Wildman–Crippen MR) is 121 cm³/mol. The van der Waals surface area contributed by atoms with Crippen LogP contribution in [0, 0.1) is 0 Å². The van der Waals surface area contributed by atoms with Crippen LogP contribution in [0.3, 0.4) is 0 Å². The van der Waals surface area contributed by atoms with Gasteiger partial charge in [0.1, 0.15) is 0 Å². The number of benzene rings is 1. The Morgan fingerprint density at radius 2 is 1.70 bits per heavy atom. The number of hydrogen-bond donors (Lipinski definition) is 0. The molecule has 0 amide bonds. The Kier molecular flexibility index (Phi) is 7.89. The van der Waals surface area contributed by atoms with E-state index >= 15 is 0 Å². The van der Waals surface area contributed by atoms with Crippen molar-refractivity contribution in [2.24, 2.45) is 0 Å². The molecule has 2 atom stereocenters. The zero-order valence-electron chi connectivity index (χ0n) is 16.6. The van der Waals surface area contributed by atoms with Crippen molar-refractivity contribution in [3.63, 3.8) is 0 Å². The molecule has 0 nitrogen and oxygen atoms in total. The Hall–Kier alpha value is -0.487. The van der Waals surface area contributed by atoms with Gasteiger partial charge in [-0.05, 0) is 0 Å². The molecule has 1 aromatic carbocycles. The average Bonchev–Trinajstić information content (AvgIpc) is 3.20. The molecule has 3 heteroatoms. The van der Waals surface area contributed by atoms with E-state index in [9.17, 15) is 0 Å². The molecule has 0 N–H and O–H groups in total. The second-order valence-corrected chi connectivity index (χ2v) is 18.2. The number of allylic oxidation sites excluding steroid dienone is 8. The fourth-order valence-corrected chi connectivity index (χ4v) is 16.7. The van der Waals surface area contributed by atoms with Crippen molar-refractivity contribution in [2.75, 3.05) is 0 Å². The van der Waals surface area contributed by atoms with E-state index < -0.39 is 19.8 Å². The van der Waals surface area contributed by atoms with Crippen molar-refractivity contribution >= 4 is 28.5 Å². The molecule has 0 saturated heterocycles. The van der Waals surface area contributed by atoms with Crippen molar-refractivity contribution < 1.29 is 19.8 Å². The van der Waals surface area contributed by atoms with Gasteiger partial charge in [-0.25, -0.2) is 0 Å². The van der Waals surface area contributed by atoms with Crippen molar-refractivity contribution in [1.82, 2.24) is 0 Å². The molecule has 4 rings (SSSR count). The molecule has 3 aliphatic carbocycles. The maximum absolute atomic E-state index is 2.75. The molecule has 1 aromatic rings. The van der Waals surface area contributed by atoms with E-state index in [2.05, 4.69) is 70.7 Å². The number of hydrogen-bond acceptors (Lipinski definition) is 0. The van der Waals surface area contributed by atoms with Gasteiger partial charge in [-0.3, -0.25) is 0 Å². The first-order valence-corrected chi connectivity index (χ1v) is 16.3. The third-order valence-electron chi connectivity index (χ3n) is 6.64. The monoisotopic (exact) mass is 479 g/mol. The maximum Gasteiger partial charge on any atom is -0.147 e. The summed E-state index contributed by atoms with van der Waals surface area (Å²) in [5.41, 5.74) is 8.04. The molecule has 2 unspecified atom stereocenters. The molecule has 27 heavy (non-hydrogen) atoms. The van der Waals surface area contributed by atoms with Crippen LogP contribution in [0.15, 0.2) is 74.1 Å². The summed E-state index contributed by atoms with van der Waals surface area (Å²) in [7, 11) is 0.